The number of nitrogens with zero attached hydrogens (tertiary/aromatic N) is 2. The fourth-order valence-electron chi connectivity index (χ4n) is 4.88. The summed E-state index contributed by atoms with van der Waals surface area (Å²) in [6, 6.07) is 2.40. The lowest BCUT2D eigenvalue weighted by molar-refractivity contribution is 0.0127. The summed E-state index contributed by atoms with van der Waals surface area (Å²) in [5.74, 6) is 0. The van der Waals surface area contributed by atoms with E-state index in [1.807, 2.05) is 0 Å². The van der Waals surface area contributed by atoms with Gasteiger partial charge in [-0.1, -0.05) is 39.0 Å². The second kappa shape index (κ2) is 7.94. The van der Waals surface area contributed by atoms with E-state index < -0.39 is 0 Å². The summed E-state index contributed by atoms with van der Waals surface area (Å²) < 4.78 is 0. The normalized spacial score (nSPS) is 36.7. The number of fused-ring (bicyclic) bond motifs is 1. The van der Waals surface area contributed by atoms with Crippen molar-refractivity contribution in [2.45, 2.75) is 82.8 Å². The molecule has 122 valence electrons. The highest BCUT2D eigenvalue weighted by molar-refractivity contribution is 4.92. The van der Waals surface area contributed by atoms with Crippen LogP contribution in [0.4, 0.5) is 0 Å². The van der Waals surface area contributed by atoms with Crippen molar-refractivity contribution in [2.24, 2.45) is 0 Å². The van der Waals surface area contributed by atoms with Gasteiger partial charge in [-0.25, -0.2) is 0 Å². The number of piperidine rings is 1. The van der Waals surface area contributed by atoms with Crippen molar-refractivity contribution in [3.8, 4) is 0 Å². The molecule has 3 nitrogen and oxygen atoms in total. The van der Waals surface area contributed by atoms with Crippen LogP contribution in [0.1, 0.15) is 64.7 Å². The monoisotopic (exact) mass is 293 g/mol. The third-order valence-electron chi connectivity index (χ3n) is 6.03. The Morgan fingerprint density at radius 3 is 2.43 bits per heavy atom. The van der Waals surface area contributed by atoms with Crippen molar-refractivity contribution in [2.75, 3.05) is 32.7 Å². The van der Waals surface area contributed by atoms with E-state index in [-0.39, 0.29) is 0 Å². The van der Waals surface area contributed by atoms with Gasteiger partial charge in [-0.3, -0.25) is 9.80 Å². The maximum Gasteiger partial charge on any atom is 0.0250 e. The van der Waals surface area contributed by atoms with E-state index in [1.165, 1.54) is 84.0 Å². The average molecular weight is 293 g/mol. The van der Waals surface area contributed by atoms with E-state index >= 15 is 0 Å². The van der Waals surface area contributed by atoms with E-state index in [4.69, 9.17) is 0 Å². The number of nitrogens with one attached hydrogen (secondary N) is 1. The average Bonchev–Trinajstić information content (AvgIpc) is 2.50. The van der Waals surface area contributed by atoms with E-state index in [0.29, 0.717) is 0 Å². The number of rotatable bonds is 3. The Morgan fingerprint density at radius 2 is 1.57 bits per heavy atom. The molecule has 21 heavy (non-hydrogen) atoms. The predicted molar refractivity (Wildman–Crippen MR) is 89.7 cm³/mol. The fourth-order valence-corrected chi connectivity index (χ4v) is 4.88. The summed E-state index contributed by atoms with van der Waals surface area (Å²) >= 11 is 0. The summed E-state index contributed by atoms with van der Waals surface area (Å²) in [7, 11) is 0. The smallest absolute Gasteiger partial charge is 0.0250 e. The van der Waals surface area contributed by atoms with Crippen molar-refractivity contribution < 1.29 is 0 Å². The number of hydrogen-bond donors (Lipinski definition) is 1. The summed E-state index contributed by atoms with van der Waals surface area (Å²) in [5, 5.41) is 3.82. The van der Waals surface area contributed by atoms with Gasteiger partial charge in [0.1, 0.15) is 0 Å². The minimum absolute atomic E-state index is 0.741. The highest BCUT2D eigenvalue weighted by atomic mass is 15.3. The molecule has 1 N–H and O–H groups in total. The molecule has 0 bridgehead atoms. The Kier molecular flexibility index (Phi) is 5.96. The highest BCUT2D eigenvalue weighted by Gasteiger charge is 2.34. The number of hydrogen-bond acceptors (Lipinski definition) is 3. The third kappa shape index (κ3) is 4.00. The van der Waals surface area contributed by atoms with Crippen LogP contribution in [0.2, 0.25) is 0 Å². The van der Waals surface area contributed by atoms with Gasteiger partial charge in [0.15, 0.2) is 0 Å². The second-order valence-electron chi connectivity index (χ2n) is 7.40. The van der Waals surface area contributed by atoms with Crippen LogP contribution in [0.15, 0.2) is 0 Å². The van der Waals surface area contributed by atoms with Crippen LogP contribution in [0.3, 0.4) is 0 Å². The fraction of sp³-hybridized carbons (Fsp3) is 1.00. The first-order valence-electron chi connectivity index (χ1n) is 9.60. The van der Waals surface area contributed by atoms with E-state index in [0.717, 1.165) is 24.7 Å². The molecule has 3 unspecified atom stereocenters. The molecule has 0 radical (unpaired) electrons. The Hall–Kier alpha value is -0.120. The molecular formula is C18H35N3. The van der Waals surface area contributed by atoms with E-state index in [2.05, 4.69) is 22.0 Å². The molecule has 2 heterocycles. The van der Waals surface area contributed by atoms with Crippen LogP contribution in [0, 0.1) is 0 Å². The quantitative estimate of drug-likeness (QED) is 0.863. The van der Waals surface area contributed by atoms with E-state index in [1.54, 1.807) is 0 Å². The first-order valence-corrected chi connectivity index (χ1v) is 9.60. The second-order valence-corrected chi connectivity index (χ2v) is 7.40. The largest absolute Gasteiger partial charge is 0.313 e. The zero-order chi connectivity index (χ0) is 14.5. The van der Waals surface area contributed by atoms with Gasteiger partial charge in [0.2, 0.25) is 0 Å². The van der Waals surface area contributed by atoms with Crippen molar-refractivity contribution in [3.05, 3.63) is 0 Å². The summed E-state index contributed by atoms with van der Waals surface area (Å²) in [4.78, 5) is 5.64. The van der Waals surface area contributed by atoms with Gasteiger partial charge in [-0.15, -0.1) is 0 Å². The van der Waals surface area contributed by atoms with Gasteiger partial charge >= 0.3 is 0 Å². The lowest BCUT2D eigenvalue weighted by Crippen LogP contribution is -2.60. The van der Waals surface area contributed by atoms with Gasteiger partial charge < -0.3 is 5.32 Å². The molecule has 3 fully saturated rings. The van der Waals surface area contributed by atoms with Gasteiger partial charge in [-0.05, 0) is 38.8 Å². The highest BCUT2D eigenvalue weighted by Crippen LogP contribution is 2.27. The SMILES string of the molecule is CCNC1CCCCCCC1N1CCN2CCCCC2C1. The van der Waals surface area contributed by atoms with Crippen LogP contribution in [-0.2, 0) is 0 Å². The molecule has 0 aromatic heterocycles. The molecule has 3 aliphatic rings. The van der Waals surface area contributed by atoms with Crippen molar-refractivity contribution >= 4 is 0 Å². The minimum atomic E-state index is 0.741. The zero-order valence-corrected chi connectivity index (χ0v) is 14.0. The van der Waals surface area contributed by atoms with Gasteiger partial charge in [0.25, 0.3) is 0 Å². The standard InChI is InChI=1S/C18H35N3/c1-2-19-17-10-5-3-4-6-11-18(17)21-14-13-20-12-8-7-9-16(20)15-21/h16-19H,2-15H2,1H3. The molecule has 0 spiro atoms. The molecule has 3 rings (SSSR count). The molecule has 3 heteroatoms. The molecule has 1 aliphatic carbocycles. The molecule has 0 aromatic carbocycles. The molecule has 2 saturated heterocycles. The maximum absolute atomic E-state index is 3.82. The summed E-state index contributed by atoms with van der Waals surface area (Å²) in [6.45, 7) is 8.73. The number of piperazine rings is 1. The first kappa shape index (κ1) is 15.8. The Bertz CT molecular complexity index is 307. The van der Waals surface area contributed by atoms with E-state index in [9.17, 15) is 0 Å². The number of likely N-dealkylation sites (N-methyl/N-ethyl adjacent to an activating group) is 1. The van der Waals surface area contributed by atoms with Gasteiger partial charge in [-0.2, -0.15) is 0 Å². The Morgan fingerprint density at radius 1 is 0.810 bits per heavy atom. The molecule has 0 amide bonds. The van der Waals surface area contributed by atoms with Crippen LogP contribution in [0.5, 0.6) is 0 Å². The molecule has 1 saturated carbocycles. The summed E-state index contributed by atoms with van der Waals surface area (Å²) in [6.07, 6.45) is 12.9. The van der Waals surface area contributed by atoms with Crippen LogP contribution in [-0.4, -0.2) is 60.6 Å². The third-order valence-corrected chi connectivity index (χ3v) is 6.03. The molecule has 3 atom stereocenters. The topological polar surface area (TPSA) is 18.5 Å². The molecular weight excluding hydrogens is 258 g/mol. The zero-order valence-electron chi connectivity index (χ0n) is 14.0. The van der Waals surface area contributed by atoms with Crippen LogP contribution < -0.4 is 5.32 Å². The Labute approximate surface area is 131 Å². The Balaban J connectivity index is 1.63. The molecule has 2 aliphatic heterocycles. The van der Waals surface area contributed by atoms with Crippen LogP contribution in [0.25, 0.3) is 0 Å². The van der Waals surface area contributed by atoms with Gasteiger partial charge in [0, 0.05) is 37.8 Å². The first-order chi connectivity index (χ1) is 10.4. The summed E-state index contributed by atoms with van der Waals surface area (Å²) in [5.41, 5.74) is 0. The molecule has 0 aromatic rings. The lowest BCUT2D eigenvalue weighted by Gasteiger charge is -2.48. The predicted octanol–water partition coefficient (Wildman–Crippen LogP) is 2.86. The minimum Gasteiger partial charge on any atom is -0.313 e. The van der Waals surface area contributed by atoms with Crippen molar-refractivity contribution in [1.29, 1.82) is 0 Å². The van der Waals surface area contributed by atoms with Gasteiger partial charge in [0.05, 0.1) is 0 Å². The lowest BCUT2D eigenvalue weighted by atomic mass is 9.89. The van der Waals surface area contributed by atoms with Crippen molar-refractivity contribution in [1.82, 2.24) is 15.1 Å². The maximum atomic E-state index is 3.82. The van der Waals surface area contributed by atoms with Crippen molar-refractivity contribution in [3.63, 3.8) is 0 Å². The van der Waals surface area contributed by atoms with Crippen LogP contribution >= 0.6 is 0 Å².